The van der Waals surface area contributed by atoms with Gasteiger partial charge in [-0.3, -0.25) is 4.79 Å². The van der Waals surface area contributed by atoms with Crippen molar-refractivity contribution >= 4 is 5.97 Å². The van der Waals surface area contributed by atoms with Gasteiger partial charge in [-0.15, -0.1) is 10.2 Å². The molecule has 5 nitrogen and oxygen atoms in total. The van der Waals surface area contributed by atoms with Crippen molar-refractivity contribution in [2.45, 2.75) is 32.1 Å². The lowest BCUT2D eigenvalue weighted by atomic mass is 9.95. The molecule has 0 radical (unpaired) electrons. The number of aliphatic carboxylic acids is 1. The zero-order valence-electron chi connectivity index (χ0n) is 8.97. The molecule has 2 rings (SSSR count). The Morgan fingerprint density at radius 1 is 1.47 bits per heavy atom. The van der Waals surface area contributed by atoms with Crippen LogP contribution in [-0.2, 0) is 11.8 Å². The van der Waals surface area contributed by atoms with Gasteiger partial charge in [0.2, 0.25) is 0 Å². The lowest BCUT2D eigenvalue weighted by Gasteiger charge is -2.14. The van der Waals surface area contributed by atoms with Gasteiger partial charge in [0, 0.05) is 13.0 Å². The van der Waals surface area contributed by atoms with Crippen LogP contribution in [0.3, 0.4) is 0 Å². The molecule has 1 fully saturated rings. The second-order valence-electron chi connectivity index (χ2n) is 4.15. The van der Waals surface area contributed by atoms with E-state index in [1.54, 1.807) is 0 Å². The Morgan fingerprint density at radius 2 is 2.20 bits per heavy atom. The summed E-state index contributed by atoms with van der Waals surface area (Å²) in [6.45, 7) is 1.88. The van der Waals surface area contributed by atoms with E-state index in [2.05, 4.69) is 10.2 Å². The first kappa shape index (κ1) is 10.1. The Kier molecular flexibility index (Phi) is 2.46. The van der Waals surface area contributed by atoms with Crippen molar-refractivity contribution in [2.24, 2.45) is 13.0 Å². The average molecular weight is 209 g/mol. The van der Waals surface area contributed by atoms with Crippen LogP contribution in [0.25, 0.3) is 0 Å². The van der Waals surface area contributed by atoms with Gasteiger partial charge in [-0.1, -0.05) is 6.42 Å². The second kappa shape index (κ2) is 3.64. The molecular formula is C10H15N3O2. The molecule has 1 aliphatic rings. The van der Waals surface area contributed by atoms with E-state index in [1.165, 1.54) is 0 Å². The Morgan fingerprint density at radius 3 is 2.73 bits per heavy atom. The number of nitrogens with zero attached hydrogens (tertiary/aromatic N) is 3. The van der Waals surface area contributed by atoms with Crippen LogP contribution in [0.1, 0.15) is 36.8 Å². The van der Waals surface area contributed by atoms with E-state index in [4.69, 9.17) is 5.11 Å². The third kappa shape index (κ3) is 1.62. The molecule has 0 amide bonds. The summed E-state index contributed by atoms with van der Waals surface area (Å²) in [6, 6.07) is 0. The van der Waals surface area contributed by atoms with Gasteiger partial charge in [-0.25, -0.2) is 0 Å². The summed E-state index contributed by atoms with van der Waals surface area (Å²) in [7, 11) is 1.89. The van der Waals surface area contributed by atoms with E-state index < -0.39 is 5.97 Å². The number of aromatic nitrogens is 3. The molecule has 2 unspecified atom stereocenters. The van der Waals surface area contributed by atoms with Crippen LogP contribution in [-0.4, -0.2) is 25.8 Å². The zero-order valence-corrected chi connectivity index (χ0v) is 8.97. The first-order chi connectivity index (χ1) is 7.11. The average Bonchev–Trinajstić information content (AvgIpc) is 2.75. The minimum atomic E-state index is -0.710. The molecule has 1 heterocycles. The smallest absolute Gasteiger partial charge is 0.307 e. The van der Waals surface area contributed by atoms with E-state index >= 15 is 0 Å². The molecule has 0 saturated heterocycles. The first-order valence-corrected chi connectivity index (χ1v) is 5.20. The zero-order chi connectivity index (χ0) is 11.0. The summed E-state index contributed by atoms with van der Waals surface area (Å²) < 4.78 is 1.89. The van der Waals surface area contributed by atoms with Gasteiger partial charge in [0.25, 0.3) is 0 Å². The monoisotopic (exact) mass is 209 g/mol. The van der Waals surface area contributed by atoms with Crippen LogP contribution in [0.4, 0.5) is 0 Å². The molecule has 5 heteroatoms. The Balaban J connectivity index is 2.30. The van der Waals surface area contributed by atoms with Crippen molar-refractivity contribution in [3.63, 3.8) is 0 Å². The second-order valence-corrected chi connectivity index (χ2v) is 4.15. The summed E-state index contributed by atoms with van der Waals surface area (Å²) in [5, 5.41) is 17.1. The number of hydrogen-bond donors (Lipinski definition) is 1. The molecule has 1 N–H and O–H groups in total. The highest BCUT2D eigenvalue weighted by molar-refractivity contribution is 5.71. The molecule has 15 heavy (non-hydrogen) atoms. The van der Waals surface area contributed by atoms with Gasteiger partial charge < -0.3 is 9.67 Å². The van der Waals surface area contributed by atoms with Crippen molar-refractivity contribution < 1.29 is 9.90 Å². The van der Waals surface area contributed by atoms with Gasteiger partial charge in [-0.05, 0) is 19.8 Å². The van der Waals surface area contributed by atoms with Gasteiger partial charge >= 0.3 is 5.97 Å². The fourth-order valence-electron chi connectivity index (χ4n) is 2.31. The van der Waals surface area contributed by atoms with Crippen molar-refractivity contribution in [3.8, 4) is 0 Å². The van der Waals surface area contributed by atoms with Crippen LogP contribution in [0.15, 0.2) is 0 Å². The summed E-state index contributed by atoms with van der Waals surface area (Å²) in [5.41, 5.74) is 0. The number of carboxylic acid groups (broad SMARTS) is 1. The highest BCUT2D eigenvalue weighted by Crippen LogP contribution is 2.38. The number of hydrogen-bond acceptors (Lipinski definition) is 3. The van der Waals surface area contributed by atoms with Gasteiger partial charge in [-0.2, -0.15) is 0 Å². The summed E-state index contributed by atoms with van der Waals surface area (Å²) in [4.78, 5) is 11.0. The molecule has 0 aromatic carbocycles. The Bertz CT molecular complexity index is 386. The first-order valence-electron chi connectivity index (χ1n) is 5.20. The quantitative estimate of drug-likeness (QED) is 0.791. The van der Waals surface area contributed by atoms with Crippen LogP contribution >= 0.6 is 0 Å². The highest BCUT2D eigenvalue weighted by atomic mass is 16.4. The molecule has 0 aliphatic heterocycles. The minimum Gasteiger partial charge on any atom is -0.481 e. The summed E-state index contributed by atoms with van der Waals surface area (Å²) in [5.74, 6) is 0.692. The molecular weight excluding hydrogens is 194 g/mol. The standard InChI is InChI=1S/C10H15N3O2/c1-6-11-12-9(13(6)2)7-4-3-5-8(7)10(14)15/h7-8H,3-5H2,1-2H3,(H,14,15). The molecule has 1 aromatic heterocycles. The van der Waals surface area contributed by atoms with Gasteiger partial charge in [0.15, 0.2) is 0 Å². The Labute approximate surface area is 88.1 Å². The van der Waals surface area contributed by atoms with Crippen molar-refractivity contribution in [1.82, 2.24) is 14.8 Å². The number of carboxylic acids is 1. The fourth-order valence-corrected chi connectivity index (χ4v) is 2.31. The molecule has 1 aromatic rings. The minimum absolute atomic E-state index is 0.0358. The van der Waals surface area contributed by atoms with Crippen molar-refractivity contribution in [3.05, 3.63) is 11.6 Å². The van der Waals surface area contributed by atoms with E-state index in [0.717, 1.165) is 30.9 Å². The third-order valence-electron chi connectivity index (χ3n) is 3.29. The van der Waals surface area contributed by atoms with Crippen molar-refractivity contribution in [1.29, 1.82) is 0 Å². The number of carbonyl (C=O) groups is 1. The van der Waals surface area contributed by atoms with Gasteiger partial charge in [0.05, 0.1) is 5.92 Å². The predicted octanol–water partition coefficient (Wildman–Crippen LogP) is 1.09. The normalized spacial score (nSPS) is 25.7. The van der Waals surface area contributed by atoms with Gasteiger partial charge in [0.1, 0.15) is 11.6 Å². The fraction of sp³-hybridized carbons (Fsp3) is 0.700. The molecule has 1 saturated carbocycles. The molecule has 2 atom stereocenters. The van der Waals surface area contributed by atoms with Crippen LogP contribution in [0.2, 0.25) is 0 Å². The molecule has 0 spiro atoms. The third-order valence-corrected chi connectivity index (χ3v) is 3.29. The lowest BCUT2D eigenvalue weighted by molar-refractivity contribution is -0.142. The van der Waals surface area contributed by atoms with E-state index in [-0.39, 0.29) is 11.8 Å². The number of rotatable bonds is 2. The van der Waals surface area contributed by atoms with Crippen molar-refractivity contribution in [2.75, 3.05) is 0 Å². The lowest BCUT2D eigenvalue weighted by Crippen LogP contribution is -2.19. The van der Waals surface area contributed by atoms with Crippen LogP contribution in [0, 0.1) is 12.8 Å². The Hall–Kier alpha value is -1.39. The van der Waals surface area contributed by atoms with Crippen LogP contribution in [0.5, 0.6) is 0 Å². The van der Waals surface area contributed by atoms with E-state index in [9.17, 15) is 4.79 Å². The van der Waals surface area contributed by atoms with E-state index in [1.807, 2.05) is 18.5 Å². The SMILES string of the molecule is Cc1nnc(C2CCCC2C(=O)O)n1C. The van der Waals surface area contributed by atoms with E-state index in [0.29, 0.717) is 0 Å². The largest absolute Gasteiger partial charge is 0.481 e. The maximum Gasteiger partial charge on any atom is 0.307 e. The summed E-state index contributed by atoms with van der Waals surface area (Å²) >= 11 is 0. The predicted molar refractivity (Wildman–Crippen MR) is 53.5 cm³/mol. The highest BCUT2D eigenvalue weighted by Gasteiger charge is 2.36. The maximum atomic E-state index is 11.0. The van der Waals surface area contributed by atoms with Crippen LogP contribution < -0.4 is 0 Å². The molecule has 0 bridgehead atoms. The number of aryl methyl sites for hydroxylation is 1. The molecule has 1 aliphatic carbocycles. The topological polar surface area (TPSA) is 68.0 Å². The summed E-state index contributed by atoms with van der Waals surface area (Å²) in [6.07, 6.45) is 2.63. The maximum absolute atomic E-state index is 11.0. The molecule has 82 valence electrons.